The maximum atomic E-state index is 12.7. The number of ketones is 1. The van der Waals surface area contributed by atoms with Crippen molar-refractivity contribution in [1.29, 1.82) is 0 Å². The Morgan fingerprint density at radius 1 is 1.23 bits per heavy atom. The molecule has 0 heterocycles. The smallest absolute Gasteiger partial charge is 0.303 e. The lowest BCUT2D eigenvalue weighted by Gasteiger charge is -2.42. The Bertz CT molecular complexity index is 590. The van der Waals surface area contributed by atoms with E-state index in [1.54, 1.807) is 0 Å². The van der Waals surface area contributed by atoms with Gasteiger partial charge >= 0.3 is 5.97 Å². The van der Waals surface area contributed by atoms with Gasteiger partial charge in [0.15, 0.2) is 0 Å². The van der Waals surface area contributed by atoms with Crippen LogP contribution in [0, 0.1) is 17.8 Å². The van der Waals surface area contributed by atoms with E-state index < -0.39 is 6.10 Å². The molecule has 0 saturated heterocycles. The number of hydrogen-bond donors (Lipinski definition) is 0. The summed E-state index contributed by atoms with van der Waals surface area (Å²) in [6.07, 6.45) is 3.00. The summed E-state index contributed by atoms with van der Waals surface area (Å²) >= 11 is 0. The van der Waals surface area contributed by atoms with Crippen LogP contribution in [0.2, 0.25) is 0 Å². The molecule has 2 fully saturated rings. The van der Waals surface area contributed by atoms with Gasteiger partial charge in [-0.15, -0.1) is 0 Å². The summed E-state index contributed by atoms with van der Waals surface area (Å²) in [5.41, 5.74) is 2.14. The highest BCUT2D eigenvalue weighted by molar-refractivity contribution is 5.84. The third-order valence-electron chi connectivity index (χ3n) is 4.88. The molecule has 2 unspecified atom stereocenters. The first kappa shape index (κ1) is 15.0. The van der Waals surface area contributed by atoms with E-state index >= 15 is 0 Å². The lowest BCUT2D eigenvalue weighted by molar-refractivity contribution is -0.156. The zero-order chi connectivity index (χ0) is 15.7. The molecule has 2 aliphatic carbocycles. The molecule has 2 saturated carbocycles. The lowest BCUT2D eigenvalue weighted by Crippen LogP contribution is -2.40. The Morgan fingerprint density at radius 2 is 1.95 bits per heavy atom. The van der Waals surface area contributed by atoms with Crippen molar-refractivity contribution >= 4 is 11.8 Å². The molecule has 116 valence electrons. The van der Waals surface area contributed by atoms with Crippen LogP contribution in [-0.2, 0) is 14.3 Å². The fourth-order valence-corrected chi connectivity index (χ4v) is 4.16. The zero-order valence-electron chi connectivity index (χ0n) is 13.0. The van der Waals surface area contributed by atoms with Crippen LogP contribution in [0.15, 0.2) is 42.5 Å². The molecule has 1 aromatic rings. The number of esters is 1. The molecule has 0 spiro atoms. The highest BCUT2D eigenvalue weighted by Gasteiger charge is 2.45. The Balaban J connectivity index is 1.93. The van der Waals surface area contributed by atoms with Crippen LogP contribution in [0.3, 0.4) is 0 Å². The third-order valence-corrected chi connectivity index (χ3v) is 4.88. The second-order valence-corrected chi connectivity index (χ2v) is 6.66. The number of carbonyl (C=O) groups excluding carboxylic acids is 2. The number of hydrogen-bond acceptors (Lipinski definition) is 3. The predicted molar refractivity (Wildman–Crippen MR) is 84.0 cm³/mol. The molecular formula is C19H22O3. The summed E-state index contributed by atoms with van der Waals surface area (Å²) < 4.78 is 5.58. The molecule has 2 aliphatic rings. The van der Waals surface area contributed by atoms with Gasteiger partial charge in [0.25, 0.3) is 0 Å². The summed E-state index contributed by atoms with van der Waals surface area (Å²) in [4.78, 5) is 24.3. The van der Waals surface area contributed by atoms with Gasteiger partial charge in [-0.2, -0.15) is 0 Å². The van der Waals surface area contributed by atoms with Gasteiger partial charge in [0.05, 0.1) is 5.92 Å². The molecule has 4 atom stereocenters. The molecular weight excluding hydrogens is 276 g/mol. The van der Waals surface area contributed by atoms with Crippen LogP contribution in [-0.4, -0.2) is 11.8 Å². The van der Waals surface area contributed by atoms with Crippen molar-refractivity contribution in [2.24, 2.45) is 17.8 Å². The predicted octanol–water partition coefficient (Wildman–Crippen LogP) is 3.85. The lowest BCUT2D eigenvalue weighted by atomic mass is 9.63. The van der Waals surface area contributed by atoms with Gasteiger partial charge in [-0.3, -0.25) is 9.59 Å². The van der Waals surface area contributed by atoms with Gasteiger partial charge in [0, 0.05) is 13.3 Å². The van der Waals surface area contributed by atoms with Crippen molar-refractivity contribution in [3.63, 3.8) is 0 Å². The first-order valence-electron chi connectivity index (χ1n) is 7.96. The number of benzene rings is 1. The summed E-state index contributed by atoms with van der Waals surface area (Å²) in [6, 6.07) is 9.63. The average Bonchev–Trinajstić information content (AvgIpc) is 2.45. The highest BCUT2D eigenvalue weighted by atomic mass is 16.5. The largest absolute Gasteiger partial charge is 0.457 e. The molecule has 3 nitrogen and oxygen atoms in total. The van der Waals surface area contributed by atoms with Crippen molar-refractivity contribution in [1.82, 2.24) is 0 Å². The van der Waals surface area contributed by atoms with Crippen molar-refractivity contribution in [2.75, 3.05) is 0 Å². The number of Topliss-reactive ketones (excluding diaryl/α,β-unsaturated/α-hetero) is 1. The van der Waals surface area contributed by atoms with E-state index in [9.17, 15) is 9.59 Å². The van der Waals surface area contributed by atoms with E-state index in [4.69, 9.17) is 4.74 Å². The number of ether oxygens (including phenoxy) is 1. The summed E-state index contributed by atoms with van der Waals surface area (Å²) in [7, 11) is 0. The molecule has 1 aromatic carbocycles. The van der Waals surface area contributed by atoms with Gasteiger partial charge in [0.2, 0.25) is 0 Å². The Hall–Kier alpha value is -1.90. The first-order valence-corrected chi connectivity index (χ1v) is 7.96. The molecule has 2 bridgehead atoms. The maximum absolute atomic E-state index is 12.7. The fourth-order valence-electron chi connectivity index (χ4n) is 4.16. The number of allylic oxidation sites excluding steroid dienone is 1. The van der Waals surface area contributed by atoms with Gasteiger partial charge in [-0.25, -0.2) is 0 Å². The molecule has 0 radical (unpaired) electrons. The standard InChI is InChI=1S/C19H22O3/c1-12-8-14-10-16(9-12)18(17(21)11-14)19(22-13(2)20)15-6-4-3-5-7-15/h3-7,14,16,18-19H,1,8-11H2,2H3/t14?,16?,18-,19+/m1/s1. The van der Waals surface area contributed by atoms with Crippen LogP contribution in [0.1, 0.15) is 44.3 Å². The monoisotopic (exact) mass is 298 g/mol. The number of rotatable bonds is 3. The number of carbonyl (C=O) groups is 2. The summed E-state index contributed by atoms with van der Waals surface area (Å²) in [5, 5.41) is 0. The molecule has 0 amide bonds. The first-order chi connectivity index (χ1) is 10.5. The Labute approximate surface area is 131 Å². The third kappa shape index (κ3) is 2.99. The van der Waals surface area contributed by atoms with Gasteiger partial charge in [0.1, 0.15) is 11.9 Å². The second kappa shape index (κ2) is 6.07. The van der Waals surface area contributed by atoms with E-state index in [1.165, 1.54) is 12.5 Å². The van der Waals surface area contributed by atoms with Crippen molar-refractivity contribution < 1.29 is 14.3 Å². The Kier molecular flexibility index (Phi) is 4.14. The van der Waals surface area contributed by atoms with Crippen LogP contribution in [0.5, 0.6) is 0 Å². The second-order valence-electron chi connectivity index (χ2n) is 6.66. The molecule has 22 heavy (non-hydrogen) atoms. The normalized spacial score (nSPS) is 29.0. The molecule has 0 aromatic heterocycles. The molecule has 0 aliphatic heterocycles. The minimum atomic E-state index is -0.469. The number of fused-ring (bicyclic) bond motifs is 2. The van der Waals surface area contributed by atoms with Crippen LogP contribution >= 0.6 is 0 Å². The van der Waals surface area contributed by atoms with Gasteiger partial charge in [-0.05, 0) is 36.7 Å². The molecule has 3 heteroatoms. The average molecular weight is 298 g/mol. The van der Waals surface area contributed by atoms with Crippen molar-refractivity contribution in [2.45, 2.75) is 38.7 Å². The topological polar surface area (TPSA) is 43.4 Å². The fraction of sp³-hybridized carbons (Fsp3) is 0.474. The van der Waals surface area contributed by atoms with Crippen LogP contribution < -0.4 is 0 Å². The van der Waals surface area contributed by atoms with Crippen LogP contribution in [0.4, 0.5) is 0 Å². The minimum absolute atomic E-state index is 0.236. The van der Waals surface area contributed by atoms with E-state index in [0.29, 0.717) is 12.3 Å². The van der Waals surface area contributed by atoms with E-state index in [1.807, 2.05) is 30.3 Å². The van der Waals surface area contributed by atoms with E-state index in [0.717, 1.165) is 24.8 Å². The van der Waals surface area contributed by atoms with Gasteiger partial charge in [-0.1, -0.05) is 42.5 Å². The maximum Gasteiger partial charge on any atom is 0.303 e. The van der Waals surface area contributed by atoms with Gasteiger partial charge < -0.3 is 4.74 Å². The van der Waals surface area contributed by atoms with E-state index in [2.05, 4.69) is 6.58 Å². The Morgan fingerprint density at radius 3 is 2.64 bits per heavy atom. The summed E-state index contributed by atoms with van der Waals surface area (Å²) in [6.45, 7) is 5.54. The van der Waals surface area contributed by atoms with Crippen molar-refractivity contribution in [3.8, 4) is 0 Å². The quantitative estimate of drug-likeness (QED) is 0.629. The molecule has 3 rings (SSSR count). The summed E-state index contributed by atoms with van der Waals surface area (Å²) in [5.74, 6) is 0.350. The zero-order valence-corrected chi connectivity index (χ0v) is 13.0. The van der Waals surface area contributed by atoms with Crippen LogP contribution in [0.25, 0.3) is 0 Å². The van der Waals surface area contributed by atoms with Crippen molar-refractivity contribution in [3.05, 3.63) is 48.0 Å². The molecule has 0 N–H and O–H groups in total. The minimum Gasteiger partial charge on any atom is -0.457 e. The highest BCUT2D eigenvalue weighted by Crippen LogP contribution is 2.48. The van der Waals surface area contributed by atoms with E-state index in [-0.39, 0.29) is 23.6 Å². The SMILES string of the molecule is C=C1CC2CC(=O)[C@H]([C@@H](OC(C)=O)c3ccccc3)C(C1)C2.